The fourth-order valence-corrected chi connectivity index (χ4v) is 2.04. The second-order valence-electron chi connectivity index (χ2n) is 3.09. The second kappa shape index (κ2) is 3.07. The molecule has 1 heterocycles. The molecule has 0 N–H and O–H groups in total. The summed E-state index contributed by atoms with van der Waals surface area (Å²) in [6.07, 6.45) is 2.35. The molecule has 5 nitrogen and oxygen atoms in total. The molecule has 1 aromatic carbocycles. The van der Waals surface area contributed by atoms with Gasteiger partial charge in [-0.25, -0.2) is 22.2 Å². The third-order valence-electron chi connectivity index (χ3n) is 1.98. The summed E-state index contributed by atoms with van der Waals surface area (Å²) in [5.41, 5.74) is 1.44. The van der Waals surface area contributed by atoms with E-state index in [9.17, 15) is 8.42 Å². The van der Waals surface area contributed by atoms with E-state index in [-0.39, 0.29) is 0 Å². The summed E-state index contributed by atoms with van der Waals surface area (Å²) in [5, 5.41) is 0. The van der Waals surface area contributed by atoms with Gasteiger partial charge in [-0.1, -0.05) is 6.07 Å². The van der Waals surface area contributed by atoms with Crippen molar-refractivity contribution in [1.82, 2.24) is 8.96 Å². The Bertz CT molecular complexity index is 664. The van der Waals surface area contributed by atoms with Crippen LogP contribution in [0, 0.1) is 6.57 Å². The summed E-state index contributed by atoms with van der Waals surface area (Å²) >= 11 is 0. The number of aromatic nitrogens is 2. The largest absolute Gasteiger partial charge is 0.238 e. The first kappa shape index (κ1) is 9.68. The van der Waals surface area contributed by atoms with Crippen molar-refractivity contribution in [2.24, 2.45) is 0 Å². The summed E-state index contributed by atoms with van der Waals surface area (Å²) in [7, 11) is -3.33. The van der Waals surface area contributed by atoms with Gasteiger partial charge in [0.2, 0.25) is 10.0 Å². The van der Waals surface area contributed by atoms with Crippen molar-refractivity contribution in [2.75, 3.05) is 6.26 Å². The zero-order chi connectivity index (χ0) is 11.1. The van der Waals surface area contributed by atoms with Crippen molar-refractivity contribution in [1.29, 1.82) is 0 Å². The Morgan fingerprint density at radius 1 is 1.47 bits per heavy atom. The van der Waals surface area contributed by atoms with Crippen LogP contribution in [0.2, 0.25) is 0 Å². The molecule has 0 atom stereocenters. The molecule has 1 aromatic heterocycles. The van der Waals surface area contributed by atoms with Crippen molar-refractivity contribution in [3.63, 3.8) is 0 Å². The van der Waals surface area contributed by atoms with Crippen LogP contribution in [0.15, 0.2) is 24.5 Å². The summed E-state index contributed by atoms with van der Waals surface area (Å²) < 4.78 is 23.7. The zero-order valence-electron chi connectivity index (χ0n) is 7.88. The van der Waals surface area contributed by atoms with Crippen molar-refractivity contribution in [3.8, 4) is 0 Å². The second-order valence-corrected chi connectivity index (χ2v) is 4.95. The highest BCUT2D eigenvalue weighted by molar-refractivity contribution is 7.89. The highest BCUT2D eigenvalue weighted by Gasteiger charge is 2.10. The normalized spacial score (nSPS) is 11.5. The van der Waals surface area contributed by atoms with E-state index >= 15 is 0 Å². The molecule has 0 bridgehead atoms. The van der Waals surface area contributed by atoms with Crippen molar-refractivity contribution in [3.05, 3.63) is 35.9 Å². The van der Waals surface area contributed by atoms with Gasteiger partial charge < -0.3 is 0 Å². The first-order valence-electron chi connectivity index (χ1n) is 4.07. The molecule has 2 aromatic rings. The first-order chi connectivity index (χ1) is 7.02. The van der Waals surface area contributed by atoms with Gasteiger partial charge in [-0.05, 0) is 12.1 Å². The molecule has 0 spiro atoms. The fraction of sp³-hybridized carbons (Fsp3) is 0.111. The predicted molar refractivity (Wildman–Crippen MR) is 56.2 cm³/mol. The maximum absolute atomic E-state index is 11.3. The van der Waals surface area contributed by atoms with Crippen LogP contribution in [-0.4, -0.2) is 23.6 Å². The number of benzene rings is 1. The van der Waals surface area contributed by atoms with Crippen LogP contribution >= 0.6 is 0 Å². The molecule has 0 fully saturated rings. The quantitative estimate of drug-likeness (QED) is 0.684. The number of rotatable bonds is 1. The Morgan fingerprint density at radius 2 is 2.20 bits per heavy atom. The molecule has 0 aliphatic rings. The van der Waals surface area contributed by atoms with Crippen LogP contribution in [0.3, 0.4) is 0 Å². The SMILES string of the molecule is [C-]#[N+]c1ccc2c(c1)ncn2S(C)(=O)=O. The van der Waals surface area contributed by atoms with Crippen LogP contribution in [0.1, 0.15) is 0 Å². The van der Waals surface area contributed by atoms with Gasteiger partial charge in [0, 0.05) is 0 Å². The average Bonchev–Trinajstić information content (AvgIpc) is 2.59. The van der Waals surface area contributed by atoms with E-state index < -0.39 is 10.0 Å². The lowest BCUT2D eigenvalue weighted by Crippen LogP contribution is -2.07. The van der Waals surface area contributed by atoms with Crippen LogP contribution in [0.25, 0.3) is 15.9 Å². The molecule has 0 saturated carbocycles. The lowest BCUT2D eigenvalue weighted by Gasteiger charge is -1.99. The maximum Gasteiger partial charge on any atom is 0.237 e. The van der Waals surface area contributed by atoms with E-state index in [1.54, 1.807) is 18.2 Å². The minimum Gasteiger partial charge on any atom is -0.238 e. The summed E-state index contributed by atoms with van der Waals surface area (Å²) in [6.45, 7) is 6.82. The highest BCUT2D eigenvalue weighted by atomic mass is 32.2. The minimum absolute atomic E-state index is 0.446. The molecule has 15 heavy (non-hydrogen) atoms. The lowest BCUT2D eigenvalue weighted by molar-refractivity contribution is 0.595. The van der Waals surface area contributed by atoms with Gasteiger partial charge in [0.1, 0.15) is 6.33 Å². The van der Waals surface area contributed by atoms with Crippen molar-refractivity contribution < 1.29 is 8.42 Å². The smallest absolute Gasteiger partial charge is 0.237 e. The molecular weight excluding hydrogens is 214 g/mol. The van der Waals surface area contributed by atoms with Gasteiger partial charge in [0.05, 0.1) is 23.9 Å². The highest BCUT2D eigenvalue weighted by Crippen LogP contribution is 2.20. The summed E-state index contributed by atoms with van der Waals surface area (Å²) in [6, 6.07) is 4.71. The third kappa shape index (κ3) is 1.57. The van der Waals surface area contributed by atoms with E-state index in [0.717, 1.165) is 10.2 Å². The van der Waals surface area contributed by atoms with Crippen LogP contribution in [0.5, 0.6) is 0 Å². The van der Waals surface area contributed by atoms with Gasteiger partial charge >= 0.3 is 0 Å². The molecule has 6 heteroatoms. The molecule has 2 rings (SSSR count). The number of hydrogen-bond donors (Lipinski definition) is 0. The summed E-state index contributed by atoms with van der Waals surface area (Å²) in [5.74, 6) is 0. The summed E-state index contributed by atoms with van der Waals surface area (Å²) in [4.78, 5) is 7.18. The predicted octanol–water partition coefficient (Wildman–Crippen LogP) is 1.39. The molecule has 0 unspecified atom stereocenters. The fourth-order valence-electron chi connectivity index (χ4n) is 1.31. The maximum atomic E-state index is 11.3. The van der Waals surface area contributed by atoms with Crippen LogP contribution < -0.4 is 0 Å². The average molecular weight is 221 g/mol. The minimum atomic E-state index is -3.33. The zero-order valence-corrected chi connectivity index (χ0v) is 8.69. The van der Waals surface area contributed by atoms with E-state index in [0.29, 0.717) is 16.7 Å². The number of imidazole rings is 1. The Morgan fingerprint density at radius 3 is 2.80 bits per heavy atom. The van der Waals surface area contributed by atoms with Gasteiger partial charge in [-0.15, -0.1) is 0 Å². The third-order valence-corrected chi connectivity index (χ3v) is 2.99. The van der Waals surface area contributed by atoms with Crippen LogP contribution in [-0.2, 0) is 10.0 Å². The van der Waals surface area contributed by atoms with E-state index in [1.807, 2.05) is 0 Å². The monoisotopic (exact) mass is 221 g/mol. The van der Waals surface area contributed by atoms with Gasteiger partial charge in [0.25, 0.3) is 0 Å². The van der Waals surface area contributed by atoms with Crippen LogP contribution in [0.4, 0.5) is 5.69 Å². The Hall–Kier alpha value is -1.87. The van der Waals surface area contributed by atoms with E-state index in [2.05, 4.69) is 9.83 Å². The number of fused-ring (bicyclic) bond motifs is 1. The molecule has 0 radical (unpaired) electrons. The van der Waals surface area contributed by atoms with Crippen molar-refractivity contribution in [2.45, 2.75) is 0 Å². The van der Waals surface area contributed by atoms with E-state index in [4.69, 9.17) is 6.57 Å². The van der Waals surface area contributed by atoms with Gasteiger partial charge in [-0.2, -0.15) is 0 Å². The first-order valence-corrected chi connectivity index (χ1v) is 5.92. The topological polar surface area (TPSA) is 56.3 Å². The Labute approximate surface area is 86.8 Å². The molecular formula is C9H7N3O2S. The van der Waals surface area contributed by atoms with Gasteiger partial charge in [0.15, 0.2) is 5.69 Å². The molecule has 0 amide bonds. The van der Waals surface area contributed by atoms with E-state index in [1.165, 1.54) is 6.33 Å². The van der Waals surface area contributed by atoms with Crippen molar-refractivity contribution >= 4 is 26.7 Å². The lowest BCUT2D eigenvalue weighted by atomic mass is 10.3. The van der Waals surface area contributed by atoms with Gasteiger partial charge in [-0.3, -0.25) is 0 Å². The Kier molecular flexibility index (Phi) is 1.98. The molecule has 76 valence electrons. The molecule has 0 saturated heterocycles. The standard InChI is InChI=1S/C9H7N3O2S/c1-10-7-3-4-9-8(5-7)11-6-12(9)15(2,13)14/h3-6H,2H3. The Balaban J connectivity index is 2.80. The number of hydrogen-bond acceptors (Lipinski definition) is 3. The molecule has 0 aliphatic heterocycles. The molecule has 0 aliphatic carbocycles. The number of nitrogens with zero attached hydrogens (tertiary/aromatic N) is 3.